The Morgan fingerprint density at radius 2 is 2.05 bits per heavy atom. The Kier molecular flexibility index (Phi) is 5.59. The van der Waals surface area contributed by atoms with Gasteiger partial charge in [-0.05, 0) is 51.3 Å². The van der Waals surface area contributed by atoms with E-state index in [0.29, 0.717) is 6.04 Å². The summed E-state index contributed by atoms with van der Waals surface area (Å²) in [5, 5.41) is 2.12. The average molecular weight is 305 g/mol. The van der Waals surface area contributed by atoms with Gasteiger partial charge in [-0.25, -0.2) is 4.98 Å². The van der Waals surface area contributed by atoms with Crippen molar-refractivity contribution >= 4 is 11.8 Å². The van der Waals surface area contributed by atoms with Gasteiger partial charge in [0.15, 0.2) is 0 Å². The van der Waals surface area contributed by atoms with Gasteiger partial charge in [0.05, 0.1) is 0 Å². The van der Waals surface area contributed by atoms with Crippen LogP contribution in [0.4, 0.5) is 0 Å². The summed E-state index contributed by atoms with van der Waals surface area (Å²) in [4.78, 5) is 7.42. The molecule has 2 heterocycles. The van der Waals surface area contributed by atoms with Gasteiger partial charge in [0, 0.05) is 23.1 Å². The highest BCUT2D eigenvalue weighted by Crippen LogP contribution is 2.40. The van der Waals surface area contributed by atoms with Gasteiger partial charge in [-0.2, -0.15) is 0 Å². The van der Waals surface area contributed by atoms with Crippen LogP contribution in [-0.2, 0) is 0 Å². The molecule has 0 aromatic carbocycles. The number of likely N-dealkylation sites (tertiary alicyclic amines) is 1. The van der Waals surface area contributed by atoms with Crippen molar-refractivity contribution in [1.82, 2.24) is 9.88 Å². The summed E-state index contributed by atoms with van der Waals surface area (Å²) in [6, 6.07) is 5.07. The van der Waals surface area contributed by atoms with Crippen molar-refractivity contribution in [3.63, 3.8) is 0 Å². The molecule has 1 saturated carbocycles. The first-order valence-corrected chi connectivity index (χ1v) is 9.62. The fraction of sp³-hybridized carbons (Fsp3) is 0.722. The van der Waals surface area contributed by atoms with Crippen LogP contribution in [0.15, 0.2) is 23.4 Å². The summed E-state index contributed by atoms with van der Waals surface area (Å²) < 4.78 is 0. The zero-order valence-corrected chi connectivity index (χ0v) is 14.1. The quantitative estimate of drug-likeness (QED) is 0.757. The molecule has 2 aliphatic rings. The predicted molar refractivity (Wildman–Crippen MR) is 90.8 cm³/mol. The van der Waals surface area contributed by atoms with E-state index in [1.165, 1.54) is 75.0 Å². The molecule has 21 heavy (non-hydrogen) atoms. The number of rotatable bonds is 5. The van der Waals surface area contributed by atoms with Crippen molar-refractivity contribution in [2.24, 2.45) is 0 Å². The molecule has 1 aromatic rings. The minimum absolute atomic E-state index is 0.616. The number of pyridine rings is 1. The Morgan fingerprint density at radius 1 is 1.19 bits per heavy atom. The van der Waals surface area contributed by atoms with Gasteiger partial charge in [0.1, 0.15) is 5.03 Å². The molecule has 1 aromatic heterocycles. The van der Waals surface area contributed by atoms with Crippen molar-refractivity contribution in [1.29, 1.82) is 0 Å². The van der Waals surface area contributed by atoms with Crippen molar-refractivity contribution in [3.05, 3.63) is 23.9 Å². The fourth-order valence-electron chi connectivity index (χ4n) is 3.83. The summed E-state index contributed by atoms with van der Waals surface area (Å²) in [5.41, 5.74) is 1.50. The van der Waals surface area contributed by atoms with Gasteiger partial charge in [-0.3, -0.25) is 4.90 Å². The second-order valence-electron chi connectivity index (χ2n) is 6.47. The number of aromatic nitrogens is 1. The molecular formula is C18H28N2S. The molecule has 1 aliphatic heterocycles. The van der Waals surface area contributed by atoms with E-state index >= 15 is 0 Å². The van der Waals surface area contributed by atoms with Crippen molar-refractivity contribution < 1.29 is 0 Å². The molecule has 0 spiro atoms. The number of thioether (sulfide) groups is 1. The van der Waals surface area contributed by atoms with Crippen LogP contribution in [0, 0.1) is 0 Å². The van der Waals surface area contributed by atoms with E-state index < -0.39 is 0 Å². The van der Waals surface area contributed by atoms with Gasteiger partial charge in [-0.15, -0.1) is 11.8 Å². The first kappa shape index (κ1) is 15.4. The summed E-state index contributed by atoms with van der Waals surface area (Å²) in [6.45, 7) is 4.78. The highest BCUT2D eigenvalue weighted by Gasteiger charge is 2.28. The predicted octanol–water partition coefficient (Wildman–Crippen LogP) is 5.05. The van der Waals surface area contributed by atoms with Crippen LogP contribution < -0.4 is 0 Å². The minimum atomic E-state index is 0.616. The van der Waals surface area contributed by atoms with E-state index in [1.54, 1.807) is 0 Å². The van der Waals surface area contributed by atoms with E-state index in [1.807, 2.05) is 6.20 Å². The van der Waals surface area contributed by atoms with Crippen molar-refractivity contribution in [2.45, 2.75) is 74.6 Å². The van der Waals surface area contributed by atoms with Crippen LogP contribution >= 0.6 is 11.8 Å². The molecule has 0 radical (unpaired) electrons. The van der Waals surface area contributed by atoms with Crippen LogP contribution in [0.3, 0.4) is 0 Å². The standard InChI is InChI=1S/C18H28N2S/c1-2-13-20-14-7-11-17(20)16-10-6-12-19-18(16)21-15-8-4-3-5-9-15/h6,10,12,15,17H,2-5,7-9,11,13-14H2,1H3/t17-/m1/s1. The first-order chi connectivity index (χ1) is 10.4. The maximum atomic E-state index is 4.75. The molecule has 2 nitrogen and oxygen atoms in total. The molecule has 1 atom stereocenters. The van der Waals surface area contributed by atoms with Crippen LogP contribution in [0.25, 0.3) is 0 Å². The third kappa shape index (κ3) is 3.81. The Balaban J connectivity index is 1.75. The Labute approximate surface area is 133 Å². The maximum Gasteiger partial charge on any atom is 0.101 e. The second-order valence-corrected chi connectivity index (χ2v) is 7.76. The van der Waals surface area contributed by atoms with Crippen molar-refractivity contribution in [3.8, 4) is 0 Å². The second kappa shape index (κ2) is 7.64. The summed E-state index contributed by atoms with van der Waals surface area (Å²) >= 11 is 2.06. The molecular weight excluding hydrogens is 276 g/mol. The molecule has 116 valence electrons. The SMILES string of the molecule is CCCN1CCC[C@@H]1c1cccnc1SC1CCCCC1. The van der Waals surface area contributed by atoms with E-state index in [9.17, 15) is 0 Å². The molecule has 3 rings (SSSR count). The molecule has 3 heteroatoms. The topological polar surface area (TPSA) is 16.1 Å². The van der Waals surface area contributed by atoms with Gasteiger partial charge in [-0.1, -0.05) is 32.3 Å². The monoisotopic (exact) mass is 304 g/mol. The van der Waals surface area contributed by atoms with Crippen LogP contribution in [-0.4, -0.2) is 28.2 Å². The lowest BCUT2D eigenvalue weighted by molar-refractivity contribution is 0.254. The first-order valence-electron chi connectivity index (χ1n) is 8.74. The fourth-order valence-corrected chi connectivity index (χ4v) is 5.18. The Bertz CT molecular complexity index is 443. The van der Waals surface area contributed by atoms with Crippen LogP contribution in [0.1, 0.15) is 69.9 Å². The summed E-state index contributed by atoms with van der Waals surface area (Å²) in [7, 11) is 0. The molecule has 0 N–H and O–H groups in total. The molecule has 0 amide bonds. The van der Waals surface area contributed by atoms with Crippen LogP contribution in [0.5, 0.6) is 0 Å². The average Bonchev–Trinajstić information content (AvgIpc) is 2.97. The van der Waals surface area contributed by atoms with E-state index in [0.717, 1.165) is 5.25 Å². The zero-order valence-electron chi connectivity index (χ0n) is 13.3. The highest BCUT2D eigenvalue weighted by atomic mass is 32.2. The zero-order chi connectivity index (χ0) is 14.5. The lowest BCUT2D eigenvalue weighted by atomic mass is 10.0. The number of hydrogen-bond acceptors (Lipinski definition) is 3. The largest absolute Gasteiger partial charge is 0.296 e. The van der Waals surface area contributed by atoms with Gasteiger partial charge < -0.3 is 0 Å². The third-order valence-electron chi connectivity index (χ3n) is 4.86. The lowest BCUT2D eigenvalue weighted by Gasteiger charge is -2.27. The van der Waals surface area contributed by atoms with Gasteiger partial charge >= 0.3 is 0 Å². The normalized spacial score (nSPS) is 24.5. The van der Waals surface area contributed by atoms with E-state index in [2.05, 4.69) is 35.7 Å². The maximum absolute atomic E-state index is 4.75. The van der Waals surface area contributed by atoms with Crippen LogP contribution in [0.2, 0.25) is 0 Å². The molecule has 0 unspecified atom stereocenters. The van der Waals surface area contributed by atoms with Gasteiger partial charge in [0.25, 0.3) is 0 Å². The Hall–Kier alpha value is -0.540. The van der Waals surface area contributed by atoms with Gasteiger partial charge in [0.2, 0.25) is 0 Å². The smallest absolute Gasteiger partial charge is 0.101 e. The molecule has 2 fully saturated rings. The molecule has 1 aliphatic carbocycles. The minimum Gasteiger partial charge on any atom is -0.296 e. The Morgan fingerprint density at radius 3 is 2.86 bits per heavy atom. The summed E-state index contributed by atoms with van der Waals surface area (Å²) in [6.07, 6.45) is 12.9. The number of hydrogen-bond donors (Lipinski definition) is 0. The lowest BCUT2D eigenvalue weighted by Crippen LogP contribution is -2.24. The molecule has 0 bridgehead atoms. The summed E-state index contributed by atoms with van der Waals surface area (Å²) in [5.74, 6) is 0. The third-order valence-corrected chi connectivity index (χ3v) is 6.23. The van der Waals surface area contributed by atoms with E-state index in [4.69, 9.17) is 4.98 Å². The number of nitrogens with zero attached hydrogens (tertiary/aromatic N) is 2. The van der Waals surface area contributed by atoms with E-state index in [-0.39, 0.29) is 0 Å². The highest BCUT2D eigenvalue weighted by molar-refractivity contribution is 7.99. The van der Waals surface area contributed by atoms with Crippen molar-refractivity contribution in [2.75, 3.05) is 13.1 Å². The molecule has 1 saturated heterocycles.